The van der Waals surface area contributed by atoms with E-state index in [1.54, 1.807) is 0 Å². The number of nitrogens with zero attached hydrogens (tertiary/aromatic N) is 1. The first-order valence-corrected chi connectivity index (χ1v) is 11.9. The van der Waals surface area contributed by atoms with Crippen LogP contribution in [-0.2, 0) is 10.8 Å². The van der Waals surface area contributed by atoms with Gasteiger partial charge in [-0.05, 0) is 77.8 Å². The van der Waals surface area contributed by atoms with Gasteiger partial charge >= 0.3 is 0 Å². The van der Waals surface area contributed by atoms with Crippen LogP contribution < -0.4 is 0 Å². The predicted molar refractivity (Wildman–Crippen MR) is 137 cm³/mol. The summed E-state index contributed by atoms with van der Waals surface area (Å²) < 4.78 is 1.29. The lowest BCUT2D eigenvalue weighted by Gasteiger charge is -2.26. The van der Waals surface area contributed by atoms with Crippen LogP contribution in [-0.4, -0.2) is 4.98 Å². The Bertz CT molecular complexity index is 1210. The highest BCUT2D eigenvalue weighted by Crippen LogP contribution is 2.39. The summed E-state index contributed by atoms with van der Waals surface area (Å²) in [6.07, 6.45) is 2.03. The van der Waals surface area contributed by atoms with Crippen LogP contribution in [0.25, 0.3) is 31.8 Å². The minimum absolute atomic E-state index is 0.116. The van der Waals surface area contributed by atoms with Gasteiger partial charge in [-0.15, -0.1) is 11.3 Å². The molecule has 2 heterocycles. The lowest BCUT2D eigenvalue weighted by Crippen LogP contribution is -2.16. The normalized spacial score (nSPS) is 12.5. The van der Waals surface area contributed by atoms with Gasteiger partial charge in [0.15, 0.2) is 0 Å². The molecule has 1 nitrogen and oxygen atoms in total. The van der Waals surface area contributed by atoms with Gasteiger partial charge in [0.25, 0.3) is 0 Å². The third-order valence-corrected chi connectivity index (χ3v) is 7.02. The van der Waals surface area contributed by atoms with Crippen LogP contribution >= 0.6 is 11.3 Å². The predicted octanol–water partition coefficient (Wildman–Crippen LogP) is 8.84. The monoisotopic (exact) mass is 427 g/mol. The van der Waals surface area contributed by atoms with Gasteiger partial charge < -0.3 is 0 Å². The van der Waals surface area contributed by atoms with Crippen molar-refractivity contribution in [2.24, 2.45) is 0 Å². The van der Waals surface area contributed by atoms with E-state index in [9.17, 15) is 0 Å². The standard InChI is InChI=1S/C29H33NS/c1-18-9-19(2)11-20(10-18)25-16-27-22(17-30-25)14-26(31-27)21-12-23(28(3,4)5)15-24(13-21)29(6,7)8/h9-17H,1-8H3. The largest absolute Gasteiger partial charge is 0.256 e. The molecule has 0 fully saturated rings. The van der Waals surface area contributed by atoms with E-state index in [1.165, 1.54) is 48.3 Å². The lowest BCUT2D eigenvalue weighted by atomic mass is 9.79. The second-order valence-corrected chi connectivity index (χ2v) is 12.0. The molecular weight excluding hydrogens is 394 g/mol. The van der Waals surface area contributed by atoms with Crippen LogP contribution in [0.4, 0.5) is 0 Å². The van der Waals surface area contributed by atoms with E-state index in [1.807, 2.05) is 17.5 Å². The molecular formula is C29H33NS. The zero-order valence-corrected chi connectivity index (χ0v) is 20.9. The molecule has 2 aromatic heterocycles. The third kappa shape index (κ3) is 4.60. The Morgan fingerprint density at radius 3 is 1.77 bits per heavy atom. The highest BCUT2D eigenvalue weighted by atomic mass is 32.1. The van der Waals surface area contributed by atoms with Crippen LogP contribution in [0.15, 0.2) is 54.7 Å². The summed E-state index contributed by atoms with van der Waals surface area (Å²) >= 11 is 1.87. The fraction of sp³-hybridized carbons (Fsp3) is 0.345. The van der Waals surface area contributed by atoms with Crippen LogP contribution in [0, 0.1) is 13.8 Å². The summed E-state index contributed by atoms with van der Waals surface area (Å²) in [5, 5.41) is 1.21. The lowest BCUT2D eigenvalue weighted by molar-refractivity contribution is 0.569. The fourth-order valence-electron chi connectivity index (χ4n) is 3.99. The van der Waals surface area contributed by atoms with Crippen LogP contribution in [0.3, 0.4) is 0 Å². The Labute approximate surface area is 191 Å². The molecule has 0 atom stereocenters. The number of rotatable bonds is 2. The molecule has 0 N–H and O–H groups in total. The molecule has 2 aromatic carbocycles. The maximum absolute atomic E-state index is 4.79. The Kier molecular flexibility index (Phi) is 5.34. The van der Waals surface area contributed by atoms with Crippen molar-refractivity contribution < 1.29 is 0 Å². The third-order valence-electron chi connectivity index (χ3n) is 5.87. The Morgan fingerprint density at radius 1 is 0.645 bits per heavy atom. The van der Waals surface area contributed by atoms with E-state index in [4.69, 9.17) is 4.98 Å². The number of pyridine rings is 1. The van der Waals surface area contributed by atoms with Crippen molar-refractivity contribution in [3.05, 3.63) is 77.0 Å². The smallest absolute Gasteiger partial charge is 0.0716 e. The van der Waals surface area contributed by atoms with Gasteiger partial charge in [-0.2, -0.15) is 0 Å². The maximum Gasteiger partial charge on any atom is 0.0716 e. The second-order valence-electron chi connectivity index (χ2n) is 10.9. The average Bonchev–Trinajstić information content (AvgIpc) is 3.09. The molecule has 4 aromatic rings. The Balaban J connectivity index is 1.83. The SMILES string of the molecule is Cc1cc(C)cc(-c2cc3sc(-c4cc(C(C)(C)C)cc(C(C)(C)C)c4)cc3cn2)c1. The zero-order valence-electron chi connectivity index (χ0n) is 20.1. The molecule has 0 spiro atoms. The molecule has 0 saturated heterocycles. The first-order chi connectivity index (χ1) is 14.4. The van der Waals surface area contributed by atoms with Crippen LogP contribution in [0.1, 0.15) is 63.8 Å². The highest BCUT2D eigenvalue weighted by molar-refractivity contribution is 7.22. The summed E-state index contributed by atoms with van der Waals surface area (Å²) in [4.78, 5) is 6.10. The van der Waals surface area contributed by atoms with Gasteiger partial charge in [-0.1, -0.05) is 64.8 Å². The minimum Gasteiger partial charge on any atom is -0.256 e. The second kappa shape index (κ2) is 7.60. The summed E-state index contributed by atoms with van der Waals surface area (Å²) in [5.74, 6) is 0. The number of benzene rings is 2. The average molecular weight is 428 g/mol. The van der Waals surface area contributed by atoms with Crippen molar-refractivity contribution in [1.29, 1.82) is 0 Å². The van der Waals surface area contributed by atoms with Crippen LogP contribution in [0.5, 0.6) is 0 Å². The van der Waals surface area contributed by atoms with Crippen molar-refractivity contribution in [3.63, 3.8) is 0 Å². The van der Waals surface area contributed by atoms with Gasteiger partial charge in [0.05, 0.1) is 5.69 Å². The molecule has 0 radical (unpaired) electrons. The van der Waals surface area contributed by atoms with E-state index < -0.39 is 0 Å². The fourth-order valence-corrected chi connectivity index (χ4v) is 5.05. The van der Waals surface area contributed by atoms with Gasteiger partial charge in [0.2, 0.25) is 0 Å². The summed E-state index contributed by atoms with van der Waals surface area (Å²) in [6, 6.07) is 18.3. The number of aromatic nitrogens is 1. The number of fused-ring (bicyclic) bond motifs is 1. The molecule has 2 heteroatoms. The van der Waals surface area contributed by atoms with Crippen molar-refractivity contribution in [2.45, 2.75) is 66.2 Å². The van der Waals surface area contributed by atoms with Crippen molar-refractivity contribution in [3.8, 4) is 21.7 Å². The van der Waals surface area contributed by atoms with E-state index in [-0.39, 0.29) is 10.8 Å². The molecule has 0 aliphatic rings. The van der Waals surface area contributed by atoms with E-state index in [2.05, 4.69) is 104 Å². The zero-order chi connectivity index (χ0) is 22.6. The van der Waals surface area contributed by atoms with Crippen molar-refractivity contribution in [2.75, 3.05) is 0 Å². The summed E-state index contributed by atoms with van der Waals surface area (Å²) in [5.41, 5.74) is 9.12. The topological polar surface area (TPSA) is 12.9 Å². The van der Waals surface area contributed by atoms with Gasteiger partial charge in [-0.3, -0.25) is 4.98 Å². The maximum atomic E-state index is 4.79. The number of hydrogen-bond donors (Lipinski definition) is 0. The number of aryl methyl sites for hydroxylation is 2. The van der Waals surface area contributed by atoms with E-state index >= 15 is 0 Å². The highest BCUT2D eigenvalue weighted by Gasteiger charge is 2.21. The molecule has 0 amide bonds. The molecule has 4 rings (SSSR count). The molecule has 31 heavy (non-hydrogen) atoms. The van der Waals surface area contributed by atoms with E-state index in [0.717, 1.165) is 5.69 Å². The molecule has 0 bridgehead atoms. The molecule has 0 aliphatic heterocycles. The summed E-state index contributed by atoms with van der Waals surface area (Å²) in [6.45, 7) is 18.1. The first kappa shape index (κ1) is 21.8. The Hall–Kier alpha value is -2.45. The Morgan fingerprint density at radius 2 is 1.23 bits per heavy atom. The minimum atomic E-state index is 0.116. The van der Waals surface area contributed by atoms with Gasteiger partial charge in [0.1, 0.15) is 0 Å². The van der Waals surface area contributed by atoms with Gasteiger partial charge in [0, 0.05) is 26.7 Å². The van der Waals surface area contributed by atoms with Crippen LogP contribution in [0.2, 0.25) is 0 Å². The molecule has 160 valence electrons. The molecule has 0 aliphatic carbocycles. The first-order valence-electron chi connectivity index (χ1n) is 11.0. The van der Waals surface area contributed by atoms with Crippen molar-refractivity contribution in [1.82, 2.24) is 4.98 Å². The van der Waals surface area contributed by atoms with E-state index in [0.29, 0.717) is 0 Å². The quantitative estimate of drug-likeness (QED) is 0.311. The number of thiophene rings is 1. The molecule has 0 unspecified atom stereocenters. The summed E-state index contributed by atoms with van der Waals surface area (Å²) in [7, 11) is 0. The van der Waals surface area contributed by atoms with Crippen molar-refractivity contribution >= 4 is 21.4 Å². The molecule has 0 saturated carbocycles. The number of hydrogen-bond acceptors (Lipinski definition) is 2. The van der Waals surface area contributed by atoms with Gasteiger partial charge in [-0.25, -0.2) is 0 Å².